The van der Waals surface area contributed by atoms with Crippen molar-refractivity contribution in [2.75, 3.05) is 13.6 Å². The van der Waals surface area contributed by atoms with Crippen LogP contribution in [0.15, 0.2) is 39.9 Å². The lowest BCUT2D eigenvalue weighted by atomic mass is 9.82. The Morgan fingerprint density at radius 1 is 1.12 bits per heavy atom. The lowest BCUT2D eigenvalue weighted by molar-refractivity contribution is 0.379. The molecule has 0 aliphatic carbocycles. The van der Waals surface area contributed by atoms with Gasteiger partial charge in [0.1, 0.15) is 5.76 Å². The molecule has 0 fully saturated rings. The molecule has 0 unspecified atom stereocenters. The highest BCUT2D eigenvalue weighted by Crippen LogP contribution is 2.25. The third-order valence-corrected chi connectivity index (χ3v) is 4.50. The summed E-state index contributed by atoms with van der Waals surface area (Å²) in [5, 5.41) is 6.68. The Hall–Kier alpha value is -2.30. The number of aromatic nitrogens is 1. The molecule has 0 saturated carbocycles. The Morgan fingerprint density at radius 2 is 1.81 bits per heavy atom. The van der Waals surface area contributed by atoms with Crippen LogP contribution in [0.3, 0.4) is 0 Å². The maximum absolute atomic E-state index is 5.82. The summed E-state index contributed by atoms with van der Waals surface area (Å²) in [5.41, 5.74) is 2.59. The van der Waals surface area contributed by atoms with E-state index in [-0.39, 0.29) is 10.8 Å². The Kier molecular flexibility index (Phi) is 6.11. The maximum Gasteiger partial charge on any atom is 0.213 e. The van der Waals surface area contributed by atoms with Crippen LogP contribution in [0.25, 0.3) is 0 Å². The number of rotatable bonds is 5. The molecule has 5 nitrogen and oxygen atoms in total. The molecule has 2 aromatic rings. The standard InChI is InChI=1S/C21H32N4O/c1-15-10-8-9-11-16(15)21(5,6)14-25-19(22-7)24-13-18-23-12-17(26-18)20(2,3)4/h8-12H,13-14H2,1-7H3,(H2,22,24,25). The summed E-state index contributed by atoms with van der Waals surface area (Å²) in [4.78, 5) is 8.65. The topological polar surface area (TPSA) is 62.5 Å². The van der Waals surface area contributed by atoms with E-state index in [1.807, 2.05) is 0 Å². The second-order valence-electron chi connectivity index (χ2n) is 8.35. The minimum atomic E-state index is -0.0389. The maximum atomic E-state index is 5.82. The van der Waals surface area contributed by atoms with Crippen molar-refractivity contribution < 1.29 is 4.42 Å². The number of hydrogen-bond donors (Lipinski definition) is 2. The summed E-state index contributed by atoms with van der Waals surface area (Å²) in [7, 11) is 1.77. The highest BCUT2D eigenvalue weighted by atomic mass is 16.4. The zero-order valence-corrected chi connectivity index (χ0v) is 17.1. The van der Waals surface area contributed by atoms with Crippen molar-refractivity contribution in [3.05, 3.63) is 53.2 Å². The van der Waals surface area contributed by atoms with E-state index >= 15 is 0 Å². The van der Waals surface area contributed by atoms with Gasteiger partial charge in [-0.1, -0.05) is 58.9 Å². The predicted molar refractivity (Wildman–Crippen MR) is 108 cm³/mol. The third kappa shape index (κ3) is 5.10. The van der Waals surface area contributed by atoms with Gasteiger partial charge in [-0.15, -0.1) is 0 Å². The fourth-order valence-corrected chi connectivity index (χ4v) is 2.85. The highest BCUT2D eigenvalue weighted by molar-refractivity contribution is 5.79. The number of oxazole rings is 1. The van der Waals surface area contributed by atoms with Crippen molar-refractivity contribution in [3.8, 4) is 0 Å². The van der Waals surface area contributed by atoms with Crippen LogP contribution < -0.4 is 10.6 Å². The Labute approximate surface area is 157 Å². The third-order valence-electron chi connectivity index (χ3n) is 4.50. The smallest absolute Gasteiger partial charge is 0.213 e. The molecule has 2 N–H and O–H groups in total. The quantitative estimate of drug-likeness (QED) is 0.629. The number of hydrogen-bond acceptors (Lipinski definition) is 3. The molecule has 0 bridgehead atoms. The van der Waals surface area contributed by atoms with Crippen molar-refractivity contribution in [3.63, 3.8) is 0 Å². The Bertz CT molecular complexity index is 753. The first-order valence-electron chi connectivity index (χ1n) is 9.09. The Morgan fingerprint density at radius 3 is 2.38 bits per heavy atom. The van der Waals surface area contributed by atoms with Crippen molar-refractivity contribution >= 4 is 5.96 Å². The summed E-state index contributed by atoms with van der Waals surface area (Å²) in [6.07, 6.45) is 1.80. The molecule has 0 saturated heterocycles. The first-order chi connectivity index (χ1) is 12.1. The van der Waals surface area contributed by atoms with Crippen LogP contribution in [-0.4, -0.2) is 24.5 Å². The molecular weight excluding hydrogens is 324 g/mol. The average molecular weight is 357 g/mol. The molecule has 1 aromatic heterocycles. The zero-order chi connectivity index (χ0) is 19.4. The van der Waals surface area contributed by atoms with Gasteiger partial charge in [0.2, 0.25) is 5.89 Å². The van der Waals surface area contributed by atoms with Gasteiger partial charge in [0.15, 0.2) is 5.96 Å². The molecule has 0 atom stereocenters. The van der Waals surface area contributed by atoms with E-state index in [4.69, 9.17) is 4.42 Å². The highest BCUT2D eigenvalue weighted by Gasteiger charge is 2.23. The minimum absolute atomic E-state index is 0.00863. The van der Waals surface area contributed by atoms with Crippen molar-refractivity contribution in [2.24, 2.45) is 4.99 Å². The lowest BCUT2D eigenvalue weighted by Crippen LogP contribution is -2.43. The van der Waals surface area contributed by atoms with E-state index in [1.165, 1.54) is 11.1 Å². The molecule has 142 valence electrons. The molecule has 0 radical (unpaired) electrons. The van der Waals surface area contributed by atoms with E-state index in [1.54, 1.807) is 13.2 Å². The number of benzene rings is 1. The van der Waals surface area contributed by atoms with Gasteiger partial charge in [0.05, 0.1) is 12.7 Å². The number of aryl methyl sites for hydroxylation is 1. The number of nitrogens with one attached hydrogen (secondary N) is 2. The second-order valence-corrected chi connectivity index (χ2v) is 8.35. The summed E-state index contributed by atoms with van der Waals surface area (Å²) in [5.74, 6) is 2.29. The molecule has 0 amide bonds. The van der Waals surface area contributed by atoms with Crippen molar-refractivity contribution in [2.45, 2.75) is 58.9 Å². The monoisotopic (exact) mass is 356 g/mol. The van der Waals surface area contributed by atoms with E-state index in [2.05, 4.69) is 86.4 Å². The second kappa shape index (κ2) is 7.94. The molecular formula is C21H32N4O. The van der Waals surface area contributed by atoms with Crippen LogP contribution in [0.5, 0.6) is 0 Å². The average Bonchev–Trinajstić information content (AvgIpc) is 3.04. The molecule has 0 spiro atoms. The van der Waals surface area contributed by atoms with Crippen LogP contribution in [0.1, 0.15) is 57.4 Å². The van der Waals surface area contributed by atoms with Crippen LogP contribution in [0, 0.1) is 6.92 Å². The van der Waals surface area contributed by atoms with E-state index in [9.17, 15) is 0 Å². The molecule has 0 aliphatic rings. The van der Waals surface area contributed by atoms with Gasteiger partial charge >= 0.3 is 0 Å². The largest absolute Gasteiger partial charge is 0.443 e. The van der Waals surface area contributed by atoms with Crippen LogP contribution in [0.4, 0.5) is 0 Å². The zero-order valence-electron chi connectivity index (χ0n) is 17.1. The van der Waals surface area contributed by atoms with Gasteiger partial charge in [0, 0.05) is 24.4 Å². The summed E-state index contributed by atoms with van der Waals surface area (Å²) < 4.78 is 5.82. The molecule has 0 aliphatic heterocycles. The lowest BCUT2D eigenvalue weighted by Gasteiger charge is -2.28. The van der Waals surface area contributed by atoms with Crippen molar-refractivity contribution in [1.29, 1.82) is 0 Å². The fraction of sp³-hybridized carbons (Fsp3) is 0.524. The predicted octanol–water partition coefficient (Wildman–Crippen LogP) is 3.92. The van der Waals surface area contributed by atoms with Gasteiger partial charge in [-0.05, 0) is 18.1 Å². The fourth-order valence-electron chi connectivity index (χ4n) is 2.85. The van der Waals surface area contributed by atoms with Gasteiger partial charge in [0.25, 0.3) is 0 Å². The van der Waals surface area contributed by atoms with E-state index in [0.717, 1.165) is 18.3 Å². The van der Waals surface area contributed by atoms with Crippen LogP contribution in [-0.2, 0) is 17.4 Å². The van der Waals surface area contributed by atoms with Gasteiger partial charge in [-0.25, -0.2) is 4.98 Å². The van der Waals surface area contributed by atoms with E-state index in [0.29, 0.717) is 12.4 Å². The summed E-state index contributed by atoms with van der Waals surface area (Å²) in [6.45, 7) is 14.2. The molecule has 2 rings (SSSR count). The molecule has 26 heavy (non-hydrogen) atoms. The van der Waals surface area contributed by atoms with Crippen LogP contribution >= 0.6 is 0 Å². The molecule has 5 heteroatoms. The number of guanidine groups is 1. The van der Waals surface area contributed by atoms with E-state index < -0.39 is 0 Å². The summed E-state index contributed by atoms with van der Waals surface area (Å²) >= 11 is 0. The number of nitrogens with zero attached hydrogens (tertiary/aromatic N) is 2. The minimum Gasteiger partial charge on any atom is -0.443 e. The molecule has 1 aromatic carbocycles. The van der Waals surface area contributed by atoms with Crippen molar-refractivity contribution in [1.82, 2.24) is 15.6 Å². The first-order valence-corrected chi connectivity index (χ1v) is 9.09. The normalized spacial score (nSPS) is 13.0. The number of aliphatic imine (C=N–C) groups is 1. The van der Waals surface area contributed by atoms with Gasteiger partial charge in [-0.2, -0.15) is 0 Å². The van der Waals surface area contributed by atoms with Gasteiger partial charge < -0.3 is 15.1 Å². The summed E-state index contributed by atoms with van der Waals surface area (Å²) in [6, 6.07) is 8.51. The van der Waals surface area contributed by atoms with Gasteiger partial charge in [-0.3, -0.25) is 4.99 Å². The van der Waals surface area contributed by atoms with Crippen LogP contribution in [0.2, 0.25) is 0 Å². The SMILES string of the molecule is CN=C(NCc1ncc(C(C)(C)C)o1)NCC(C)(C)c1ccccc1C. The first kappa shape index (κ1) is 20.0. The molecule has 1 heterocycles. The Balaban J connectivity index is 1.94.